The van der Waals surface area contributed by atoms with Gasteiger partial charge in [0.1, 0.15) is 5.76 Å². The molecule has 1 aliphatic heterocycles. The number of unbranched alkanes of at least 4 members (excludes halogenated alkanes) is 2. The van der Waals surface area contributed by atoms with E-state index in [2.05, 4.69) is 41.8 Å². The van der Waals surface area contributed by atoms with Crippen LogP contribution < -0.4 is 5.32 Å². The quantitative estimate of drug-likeness (QED) is 0.235. The largest absolute Gasteiger partial charge is 0.492 e. The van der Waals surface area contributed by atoms with Gasteiger partial charge in [-0.1, -0.05) is 45.4 Å². The molecule has 1 rings (SSSR count). The van der Waals surface area contributed by atoms with E-state index < -0.39 is 0 Å². The molecule has 4 nitrogen and oxygen atoms in total. The highest BCUT2D eigenvalue weighted by Gasteiger charge is 2.03. The Morgan fingerprint density at radius 3 is 2.80 bits per heavy atom. The predicted molar refractivity (Wildman–Crippen MR) is 109 cm³/mol. The van der Waals surface area contributed by atoms with Crippen molar-refractivity contribution in [2.75, 3.05) is 19.7 Å². The Bertz CT molecular complexity index is 553. The Morgan fingerprint density at radius 1 is 1.28 bits per heavy atom. The summed E-state index contributed by atoms with van der Waals surface area (Å²) in [5, 5.41) is 3.28. The van der Waals surface area contributed by atoms with Gasteiger partial charge in [0, 0.05) is 11.9 Å². The minimum absolute atomic E-state index is 0.654. The average molecular weight is 344 g/mol. The van der Waals surface area contributed by atoms with Crippen LogP contribution in [0.2, 0.25) is 0 Å². The first-order valence-corrected chi connectivity index (χ1v) is 9.32. The molecular weight excluding hydrogens is 310 g/mol. The van der Waals surface area contributed by atoms with E-state index in [1.807, 2.05) is 25.4 Å². The molecule has 1 aliphatic rings. The summed E-state index contributed by atoms with van der Waals surface area (Å²) in [6.45, 7) is 12.2. The molecule has 0 aliphatic carbocycles. The number of nitrogens with zero attached hydrogens (tertiary/aromatic N) is 2. The fourth-order valence-electron chi connectivity index (χ4n) is 2.35. The van der Waals surface area contributed by atoms with Crippen LogP contribution in [0.15, 0.2) is 57.5 Å². The normalized spacial score (nSPS) is 15.6. The van der Waals surface area contributed by atoms with Crippen LogP contribution in [0.1, 0.15) is 52.9 Å². The lowest BCUT2D eigenvalue weighted by molar-refractivity contribution is 0.223. The van der Waals surface area contributed by atoms with E-state index in [0.717, 1.165) is 37.2 Å². The Hall–Kier alpha value is -2.10. The standard InChI is InChI=1S/C21H33N3O/c1-5-8-9-15-25-21(18(4)6-2)17-23-14-13-22-16-19-11-10-12-24-20(19)7-3/h6,10,12,16-17,24H,2,5,7-9,11,13-15H2,1,3-4H3/b21-18+,22-16?,23-17?. The SMILES string of the molecule is C=C/C(C)=C(\C=NCCN=CC1=C(CC)NC=CC1)OCCCCC. The van der Waals surface area contributed by atoms with Crippen LogP contribution in [-0.4, -0.2) is 32.1 Å². The summed E-state index contributed by atoms with van der Waals surface area (Å²) in [7, 11) is 0. The third-order valence-corrected chi connectivity index (χ3v) is 3.97. The third kappa shape index (κ3) is 8.52. The van der Waals surface area contributed by atoms with Crippen molar-refractivity contribution in [1.82, 2.24) is 5.32 Å². The molecule has 0 saturated heterocycles. The van der Waals surface area contributed by atoms with E-state index in [-0.39, 0.29) is 0 Å². The van der Waals surface area contributed by atoms with Crippen molar-refractivity contribution < 1.29 is 4.74 Å². The molecule has 0 atom stereocenters. The Balaban J connectivity index is 2.44. The number of dihydropyridines is 1. The molecule has 0 amide bonds. The molecule has 0 aromatic carbocycles. The van der Waals surface area contributed by atoms with Gasteiger partial charge in [-0.25, -0.2) is 0 Å². The van der Waals surface area contributed by atoms with Gasteiger partial charge in [-0.05, 0) is 43.5 Å². The van der Waals surface area contributed by atoms with E-state index in [9.17, 15) is 0 Å². The van der Waals surface area contributed by atoms with Gasteiger partial charge in [0.2, 0.25) is 0 Å². The number of aliphatic imine (C=N–C) groups is 2. The van der Waals surface area contributed by atoms with Crippen molar-refractivity contribution in [3.8, 4) is 0 Å². The second-order valence-electron chi connectivity index (χ2n) is 5.99. The Labute approximate surface area is 153 Å². The first-order valence-electron chi connectivity index (χ1n) is 9.32. The van der Waals surface area contributed by atoms with Crippen molar-refractivity contribution in [2.45, 2.75) is 52.9 Å². The summed E-state index contributed by atoms with van der Waals surface area (Å²) < 4.78 is 5.82. The molecule has 0 unspecified atom stereocenters. The number of allylic oxidation sites excluding steroid dienone is 6. The van der Waals surface area contributed by atoms with Gasteiger partial charge in [0.05, 0.1) is 25.9 Å². The number of hydrogen-bond acceptors (Lipinski definition) is 4. The summed E-state index contributed by atoms with van der Waals surface area (Å²) in [5.41, 5.74) is 3.53. The zero-order chi connectivity index (χ0) is 18.3. The molecule has 0 radical (unpaired) electrons. The second kappa shape index (κ2) is 13.2. The summed E-state index contributed by atoms with van der Waals surface area (Å²) in [6.07, 6.45) is 15.1. The number of nitrogens with one attached hydrogen (secondary N) is 1. The highest BCUT2D eigenvalue weighted by Crippen LogP contribution is 2.12. The van der Waals surface area contributed by atoms with E-state index in [0.29, 0.717) is 13.1 Å². The maximum atomic E-state index is 5.82. The number of rotatable bonds is 12. The zero-order valence-electron chi connectivity index (χ0n) is 16.1. The fourth-order valence-corrected chi connectivity index (χ4v) is 2.35. The van der Waals surface area contributed by atoms with Gasteiger partial charge in [0.25, 0.3) is 0 Å². The molecule has 0 aromatic heterocycles. The highest BCUT2D eigenvalue weighted by atomic mass is 16.5. The van der Waals surface area contributed by atoms with Crippen molar-refractivity contribution >= 4 is 12.4 Å². The van der Waals surface area contributed by atoms with Gasteiger partial charge in [-0.2, -0.15) is 0 Å². The van der Waals surface area contributed by atoms with Crippen LogP contribution >= 0.6 is 0 Å². The van der Waals surface area contributed by atoms with Crippen LogP contribution in [-0.2, 0) is 4.74 Å². The minimum Gasteiger partial charge on any atom is -0.492 e. The molecule has 138 valence electrons. The topological polar surface area (TPSA) is 46.0 Å². The zero-order valence-corrected chi connectivity index (χ0v) is 16.1. The predicted octanol–water partition coefficient (Wildman–Crippen LogP) is 4.97. The summed E-state index contributed by atoms with van der Waals surface area (Å²) in [5.74, 6) is 0.813. The van der Waals surface area contributed by atoms with E-state index in [4.69, 9.17) is 4.74 Å². The van der Waals surface area contributed by atoms with Crippen molar-refractivity contribution in [1.29, 1.82) is 0 Å². The molecule has 1 heterocycles. The summed E-state index contributed by atoms with van der Waals surface area (Å²) >= 11 is 0. The lowest BCUT2D eigenvalue weighted by Crippen LogP contribution is -2.12. The molecule has 25 heavy (non-hydrogen) atoms. The van der Waals surface area contributed by atoms with E-state index in [1.165, 1.54) is 24.1 Å². The molecule has 1 N–H and O–H groups in total. The van der Waals surface area contributed by atoms with Crippen molar-refractivity contribution in [3.05, 3.63) is 47.5 Å². The Kier molecular flexibility index (Phi) is 11.1. The summed E-state index contributed by atoms with van der Waals surface area (Å²) in [4.78, 5) is 8.94. The maximum Gasteiger partial charge on any atom is 0.139 e. The van der Waals surface area contributed by atoms with E-state index >= 15 is 0 Å². The van der Waals surface area contributed by atoms with Crippen LogP contribution in [0.25, 0.3) is 0 Å². The molecular formula is C21H33N3O. The minimum atomic E-state index is 0.654. The highest BCUT2D eigenvalue weighted by molar-refractivity contribution is 5.80. The van der Waals surface area contributed by atoms with Crippen LogP contribution in [0.4, 0.5) is 0 Å². The lowest BCUT2D eigenvalue weighted by atomic mass is 10.1. The van der Waals surface area contributed by atoms with Crippen LogP contribution in [0.5, 0.6) is 0 Å². The first-order chi connectivity index (χ1) is 12.2. The number of hydrogen-bond donors (Lipinski definition) is 1. The molecule has 0 spiro atoms. The number of ether oxygens (including phenoxy) is 1. The Morgan fingerprint density at radius 2 is 2.08 bits per heavy atom. The van der Waals surface area contributed by atoms with Gasteiger partial charge >= 0.3 is 0 Å². The monoisotopic (exact) mass is 343 g/mol. The molecule has 0 aromatic rings. The van der Waals surface area contributed by atoms with Crippen LogP contribution in [0.3, 0.4) is 0 Å². The van der Waals surface area contributed by atoms with E-state index in [1.54, 1.807) is 6.21 Å². The smallest absolute Gasteiger partial charge is 0.139 e. The average Bonchev–Trinajstić information content (AvgIpc) is 2.65. The third-order valence-electron chi connectivity index (χ3n) is 3.97. The van der Waals surface area contributed by atoms with Gasteiger partial charge in [0.15, 0.2) is 0 Å². The van der Waals surface area contributed by atoms with Crippen LogP contribution in [0, 0.1) is 0 Å². The van der Waals surface area contributed by atoms with Gasteiger partial charge in [-0.15, -0.1) is 0 Å². The summed E-state index contributed by atoms with van der Waals surface area (Å²) in [6, 6.07) is 0. The molecule has 0 saturated carbocycles. The molecule has 4 heteroatoms. The maximum absolute atomic E-state index is 5.82. The molecule has 0 bridgehead atoms. The van der Waals surface area contributed by atoms with Crippen molar-refractivity contribution in [2.24, 2.45) is 9.98 Å². The lowest BCUT2D eigenvalue weighted by Gasteiger charge is -2.13. The molecule has 0 fully saturated rings. The fraction of sp³-hybridized carbons (Fsp3) is 0.524. The first kappa shape index (κ1) is 20.9. The van der Waals surface area contributed by atoms with Gasteiger partial charge in [-0.3, -0.25) is 9.98 Å². The second-order valence-corrected chi connectivity index (χ2v) is 5.99. The van der Waals surface area contributed by atoms with Gasteiger partial charge < -0.3 is 10.1 Å². The van der Waals surface area contributed by atoms with Crippen molar-refractivity contribution in [3.63, 3.8) is 0 Å².